The first-order valence-corrected chi connectivity index (χ1v) is 7.44. The van der Waals surface area contributed by atoms with Crippen LogP contribution in [0.4, 0.5) is 0 Å². The molecule has 2 unspecified atom stereocenters. The summed E-state index contributed by atoms with van der Waals surface area (Å²) in [5, 5.41) is 0. The van der Waals surface area contributed by atoms with Gasteiger partial charge in [-0.1, -0.05) is 13.3 Å². The predicted molar refractivity (Wildman–Crippen MR) is 62.0 cm³/mol. The van der Waals surface area contributed by atoms with Gasteiger partial charge in [-0.2, -0.15) is 0 Å². The van der Waals surface area contributed by atoms with Gasteiger partial charge in [0.2, 0.25) is 10.0 Å². The number of nitrogens with two attached hydrogens (primary N) is 1. The van der Waals surface area contributed by atoms with Crippen molar-refractivity contribution in [1.82, 2.24) is 4.72 Å². The van der Waals surface area contributed by atoms with Crippen LogP contribution in [0.15, 0.2) is 0 Å². The molecule has 1 rings (SSSR count). The molecule has 15 heavy (non-hydrogen) atoms. The Bertz CT molecular complexity index is 277. The van der Waals surface area contributed by atoms with Gasteiger partial charge < -0.3 is 5.73 Å². The zero-order valence-electron chi connectivity index (χ0n) is 9.41. The van der Waals surface area contributed by atoms with E-state index in [2.05, 4.69) is 11.6 Å². The van der Waals surface area contributed by atoms with E-state index in [1.165, 1.54) is 0 Å². The molecule has 0 amide bonds. The quantitative estimate of drug-likeness (QED) is 0.611. The zero-order chi connectivity index (χ0) is 11.3. The smallest absolute Gasteiger partial charge is 0.211 e. The van der Waals surface area contributed by atoms with Crippen LogP contribution in [0.25, 0.3) is 0 Å². The van der Waals surface area contributed by atoms with Crippen LogP contribution in [-0.4, -0.2) is 26.8 Å². The van der Waals surface area contributed by atoms with E-state index in [1.807, 2.05) is 0 Å². The van der Waals surface area contributed by atoms with Crippen LogP contribution in [0.2, 0.25) is 0 Å². The summed E-state index contributed by atoms with van der Waals surface area (Å²) in [5.41, 5.74) is 5.32. The summed E-state index contributed by atoms with van der Waals surface area (Å²) in [7, 11) is -3.05. The Morgan fingerprint density at radius 1 is 1.40 bits per heavy atom. The lowest BCUT2D eigenvalue weighted by atomic mass is 10.2. The summed E-state index contributed by atoms with van der Waals surface area (Å²) in [6, 6.07) is 0.216. The molecule has 1 saturated carbocycles. The maximum atomic E-state index is 11.6. The normalized spacial score (nSPS) is 25.5. The highest BCUT2D eigenvalue weighted by Crippen LogP contribution is 2.35. The molecule has 0 saturated heterocycles. The Morgan fingerprint density at radius 2 is 2.13 bits per heavy atom. The van der Waals surface area contributed by atoms with Gasteiger partial charge in [-0.3, -0.25) is 0 Å². The van der Waals surface area contributed by atoms with Gasteiger partial charge in [-0.05, 0) is 38.1 Å². The predicted octanol–water partition coefficient (Wildman–Crippen LogP) is 0.833. The summed E-state index contributed by atoms with van der Waals surface area (Å²) < 4.78 is 25.9. The molecule has 0 aromatic rings. The molecule has 90 valence electrons. The molecule has 3 N–H and O–H groups in total. The minimum Gasteiger partial charge on any atom is -0.330 e. The molecule has 0 bridgehead atoms. The highest BCUT2D eigenvalue weighted by atomic mass is 32.2. The molecule has 0 aliphatic heterocycles. The molecule has 0 aromatic heterocycles. The number of hydrogen-bond donors (Lipinski definition) is 2. The fraction of sp³-hybridized carbons (Fsp3) is 1.00. The van der Waals surface area contributed by atoms with Crippen molar-refractivity contribution in [2.75, 3.05) is 12.3 Å². The standard InChI is InChI=1S/C10H22N2O2S/c1-2-5-9-8-10(9)12-15(13,14)7-4-3-6-11/h9-10,12H,2-8,11H2,1H3. The van der Waals surface area contributed by atoms with Crippen LogP contribution >= 0.6 is 0 Å². The minimum atomic E-state index is -3.05. The third-order valence-corrected chi connectivity index (χ3v) is 4.27. The van der Waals surface area contributed by atoms with Gasteiger partial charge in [-0.15, -0.1) is 0 Å². The second kappa shape index (κ2) is 5.82. The fourth-order valence-corrected chi connectivity index (χ4v) is 3.26. The number of nitrogens with one attached hydrogen (secondary N) is 1. The second-order valence-corrected chi connectivity index (χ2v) is 6.20. The van der Waals surface area contributed by atoms with Crippen LogP contribution in [0.1, 0.15) is 39.0 Å². The number of hydrogen-bond acceptors (Lipinski definition) is 3. The van der Waals surface area contributed by atoms with E-state index in [1.54, 1.807) is 0 Å². The van der Waals surface area contributed by atoms with Crippen LogP contribution < -0.4 is 10.5 Å². The van der Waals surface area contributed by atoms with Crippen LogP contribution in [0.5, 0.6) is 0 Å². The molecule has 4 nitrogen and oxygen atoms in total. The first kappa shape index (κ1) is 12.9. The van der Waals surface area contributed by atoms with Crippen molar-refractivity contribution in [3.8, 4) is 0 Å². The number of rotatable bonds is 8. The molecule has 1 fully saturated rings. The van der Waals surface area contributed by atoms with Gasteiger partial charge in [0, 0.05) is 6.04 Å². The molecule has 0 heterocycles. The highest BCUT2D eigenvalue weighted by Gasteiger charge is 2.38. The van der Waals surface area contributed by atoms with Gasteiger partial charge in [0.25, 0.3) is 0 Å². The van der Waals surface area contributed by atoms with Gasteiger partial charge in [0.05, 0.1) is 5.75 Å². The number of sulfonamides is 1. The first-order valence-electron chi connectivity index (χ1n) is 5.79. The van der Waals surface area contributed by atoms with Crippen LogP contribution in [0, 0.1) is 5.92 Å². The molecule has 1 aliphatic carbocycles. The SMILES string of the molecule is CCCC1CC1NS(=O)(=O)CCCCN. The Kier molecular flexibility index (Phi) is 5.02. The summed E-state index contributed by atoms with van der Waals surface area (Å²) in [6.45, 7) is 2.70. The first-order chi connectivity index (χ1) is 7.09. The monoisotopic (exact) mass is 234 g/mol. The molecule has 5 heteroatoms. The lowest BCUT2D eigenvalue weighted by Gasteiger charge is -2.05. The maximum absolute atomic E-state index is 11.6. The lowest BCUT2D eigenvalue weighted by Crippen LogP contribution is -2.29. The van der Waals surface area contributed by atoms with Crippen molar-refractivity contribution >= 4 is 10.0 Å². The van der Waals surface area contributed by atoms with E-state index in [0.717, 1.165) is 25.7 Å². The van der Waals surface area contributed by atoms with Gasteiger partial charge in [0.15, 0.2) is 0 Å². The molecule has 1 aliphatic rings. The summed E-state index contributed by atoms with van der Waals surface area (Å²) >= 11 is 0. The van der Waals surface area contributed by atoms with Crippen LogP contribution in [0.3, 0.4) is 0 Å². The van der Waals surface area contributed by atoms with Crippen molar-refractivity contribution in [2.24, 2.45) is 11.7 Å². The summed E-state index contributed by atoms with van der Waals surface area (Å²) in [4.78, 5) is 0. The molecule has 0 radical (unpaired) electrons. The third-order valence-electron chi connectivity index (χ3n) is 2.78. The molecular formula is C10H22N2O2S. The van der Waals surface area contributed by atoms with E-state index in [0.29, 0.717) is 18.9 Å². The van der Waals surface area contributed by atoms with Crippen molar-refractivity contribution < 1.29 is 8.42 Å². The topological polar surface area (TPSA) is 72.2 Å². The van der Waals surface area contributed by atoms with Crippen molar-refractivity contribution in [3.63, 3.8) is 0 Å². The zero-order valence-corrected chi connectivity index (χ0v) is 10.2. The van der Waals surface area contributed by atoms with Crippen LogP contribution in [-0.2, 0) is 10.0 Å². The van der Waals surface area contributed by atoms with Crippen molar-refractivity contribution in [1.29, 1.82) is 0 Å². The summed E-state index contributed by atoms with van der Waals surface area (Å²) in [5.74, 6) is 0.804. The Balaban J connectivity index is 2.20. The Hall–Kier alpha value is -0.130. The second-order valence-electron chi connectivity index (χ2n) is 4.32. The average Bonchev–Trinajstić information content (AvgIpc) is 2.83. The van der Waals surface area contributed by atoms with E-state index < -0.39 is 10.0 Å². The van der Waals surface area contributed by atoms with E-state index in [-0.39, 0.29) is 11.8 Å². The number of unbranched alkanes of at least 4 members (excludes halogenated alkanes) is 1. The molecular weight excluding hydrogens is 212 g/mol. The van der Waals surface area contributed by atoms with Crippen molar-refractivity contribution in [2.45, 2.75) is 45.1 Å². The largest absolute Gasteiger partial charge is 0.330 e. The molecule has 0 spiro atoms. The average molecular weight is 234 g/mol. The Morgan fingerprint density at radius 3 is 2.73 bits per heavy atom. The summed E-state index contributed by atoms with van der Waals surface area (Å²) in [6.07, 6.45) is 4.73. The minimum absolute atomic E-state index is 0.216. The lowest BCUT2D eigenvalue weighted by molar-refractivity contribution is 0.569. The van der Waals surface area contributed by atoms with Crippen molar-refractivity contribution in [3.05, 3.63) is 0 Å². The van der Waals surface area contributed by atoms with Gasteiger partial charge in [0.1, 0.15) is 0 Å². The maximum Gasteiger partial charge on any atom is 0.211 e. The molecule has 2 atom stereocenters. The highest BCUT2D eigenvalue weighted by molar-refractivity contribution is 7.89. The van der Waals surface area contributed by atoms with Gasteiger partial charge >= 0.3 is 0 Å². The van der Waals surface area contributed by atoms with Gasteiger partial charge in [-0.25, -0.2) is 13.1 Å². The fourth-order valence-electron chi connectivity index (χ4n) is 1.81. The van der Waals surface area contributed by atoms with E-state index in [9.17, 15) is 8.42 Å². The Labute approximate surface area is 92.7 Å². The van der Waals surface area contributed by atoms with E-state index in [4.69, 9.17) is 5.73 Å². The third kappa shape index (κ3) is 4.95. The van der Waals surface area contributed by atoms with E-state index >= 15 is 0 Å². The molecule has 0 aromatic carbocycles.